The van der Waals surface area contributed by atoms with Gasteiger partial charge in [-0.25, -0.2) is 41.1 Å². The molecule has 16 nitrogen and oxygen atoms in total. The maximum Gasteiger partial charge on any atom is 0.320 e. The number of aromatic nitrogens is 4. The van der Waals surface area contributed by atoms with Gasteiger partial charge >= 0.3 is 12.1 Å². The summed E-state index contributed by atoms with van der Waals surface area (Å²) in [4.78, 5) is 43.2. The largest absolute Gasteiger partial charge is 0.351 e. The summed E-state index contributed by atoms with van der Waals surface area (Å²) >= 11 is 0. The van der Waals surface area contributed by atoms with Crippen LogP contribution in [-0.4, -0.2) is 73.4 Å². The van der Waals surface area contributed by atoms with Crippen LogP contribution in [0.5, 0.6) is 0 Å². The van der Waals surface area contributed by atoms with Crippen molar-refractivity contribution in [3.05, 3.63) is 83.7 Å². The molecule has 6 rings (SSSR count). The van der Waals surface area contributed by atoms with E-state index in [1.165, 1.54) is 16.7 Å². The second kappa shape index (κ2) is 18.3. The number of hydrogen-bond donors (Lipinski definition) is 4. The molecule has 2 aliphatic rings. The third-order valence-corrected chi connectivity index (χ3v) is 11.0. The number of amides is 4. The van der Waals surface area contributed by atoms with Crippen LogP contribution in [-0.2, 0) is 45.0 Å². The summed E-state index contributed by atoms with van der Waals surface area (Å²) in [5.41, 5.74) is 23.8. The van der Waals surface area contributed by atoms with E-state index in [0.29, 0.717) is 31.3 Å². The minimum atomic E-state index is -3.26. The summed E-state index contributed by atoms with van der Waals surface area (Å²) in [6.07, 6.45) is 13.7. The van der Waals surface area contributed by atoms with Gasteiger partial charge in [0, 0.05) is 96.3 Å². The Morgan fingerprint density at radius 2 is 1.15 bits per heavy atom. The monoisotopic (exact) mass is 786 g/mol. The number of primary amides is 2. The molecule has 0 saturated heterocycles. The fourth-order valence-electron chi connectivity index (χ4n) is 5.47. The van der Waals surface area contributed by atoms with Gasteiger partial charge in [-0.05, 0) is 79.1 Å². The fourth-order valence-corrected chi connectivity index (χ4v) is 6.06. The Balaban J connectivity index is 0.000000209. The first kappa shape index (κ1) is 41.0. The van der Waals surface area contributed by atoms with Crippen LogP contribution < -0.4 is 31.7 Å². The molecule has 0 radical (unpaired) electrons. The molecule has 7 N–H and O–H groups in total. The highest BCUT2D eigenvalue weighted by Crippen LogP contribution is 2.30. The number of nitrogens with two attached hydrogens (primary N) is 3. The van der Waals surface area contributed by atoms with Crippen molar-refractivity contribution in [1.29, 1.82) is 0 Å². The number of anilines is 2. The molecule has 0 atom stereocenters. The van der Waals surface area contributed by atoms with Gasteiger partial charge in [0.1, 0.15) is 11.6 Å². The zero-order valence-corrected chi connectivity index (χ0v) is 31.8. The highest BCUT2D eigenvalue weighted by Gasteiger charge is 2.24. The number of halogens is 1. The molecule has 4 amide bonds. The Morgan fingerprint density at radius 3 is 1.57 bits per heavy atom. The Labute approximate surface area is 313 Å². The van der Waals surface area contributed by atoms with Crippen molar-refractivity contribution in [1.82, 2.24) is 24.7 Å². The van der Waals surface area contributed by atoms with Crippen molar-refractivity contribution < 1.29 is 26.4 Å². The van der Waals surface area contributed by atoms with Crippen LogP contribution in [0.1, 0.15) is 48.9 Å². The van der Waals surface area contributed by atoms with Crippen LogP contribution >= 0.6 is 10.7 Å². The standard InChI is InChI=1S/C17H21N5O3S.C15H17N5O.C2H5ClO2S/c1-2-26(24,25)21-9-12-6-14(10-19-8-12)15-7-13-4-3-5-22(17(18)23)16(13)20-11-15;16-6-10-4-12(8-18-7-10)13-5-11-2-1-3-20(15(17)21)14(11)19-9-13;1-2-6(3,4)5/h6-8,10-11,21H,2-5,9H2,1H3,(H2,18,23);4-5,7-9H,1-3,6,16H2,(H2,17,21);2H2,1H3. The normalized spacial score (nSPS) is 13.7. The molecule has 0 bridgehead atoms. The number of pyridine rings is 4. The van der Waals surface area contributed by atoms with E-state index in [1.54, 1.807) is 44.1 Å². The quantitative estimate of drug-likeness (QED) is 0.188. The van der Waals surface area contributed by atoms with Crippen LogP contribution in [0, 0.1) is 0 Å². The minimum Gasteiger partial charge on any atom is -0.351 e. The van der Waals surface area contributed by atoms with Crippen molar-refractivity contribution in [2.24, 2.45) is 17.2 Å². The van der Waals surface area contributed by atoms with Crippen molar-refractivity contribution in [2.45, 2.75) is 52.6 Å². The van der Waals surface area contributed by atoms with E-state index in [0.717, 1.165) is 70.2 Å². The van der Waals surface area contributed by atoms with Crippen LogP contribution in [0.3, 0.4) is 0 Å². The van der Waals surface area contributed by atoms with Gasteiger partial charge in [-0.15, -0.1) is 0 Å². The first-order valence-electron chi connectivity index (χ1n) is 16.7. The third-order valence-electron chi connectivity index (χ3n) is 8.30. The lowest BCUT2D eigenvalue weighted by Crippen LogP contribution is -2.40. The molecule has 284 valence electrons. The van der Waals surface area contributed by atoms with E-state index in [-0.39, 0.29) is 18.1 Å². The Hall–Kier alpha value is -4.75. The van der Waals surface area contributed by atoms with Crippen LogP contribution in [0.4, 0.5) is 21.2 Å². The number of sulfonamides is 1. The molecular formula is C34H43ClN10O6S2. The number of hydrogen-bond acceptors (Lipinski definition) is 11. The van der Waals surface area contributed by atoms with Gasteiger partial charge in [0.2, 0.25) is 19.1 Å². The number of urea groups is 2. The van der Waals surface area contributed by atoms with E-state index in [4.69, 9.17) is 17.2 Å². The van der Waals surface area contributed by atoms with Crippen molar-refractivity contribution in [3.8, 4) is 22.3 Å². The molecule has 19 heteroatoms. The SMILES string of the molecule is CCS(=O)(=O)Cl.CCS(=O)(=O)NCc1cncc(-c2cnc3c(c2)CCCN3C(N)=O)c1.NCc1cncc(-c2cnc3c(c2)CCCN3C(N)=O)c1. The van der Waals surface area contributed by atoms with Gasteiger partial charge in [-0.3, -0.25) is 19.8 Å². The highest BCUT2D eigenvalue weighted by molar-refractivity contribution is 8.13. The van der Waals surface area contributed by atoms with Gasteiger partial charge in [-0.1, -0.05) is 6.92 Å². The number of fused-ring (bicyclic) bond motifs is 2. The summed E-state index contributed by atoms with van der Waals surface area (Å²) in [5.74, 6) is 1.31. The maximum absolute atomic E-state index is 11.6. The molecule has 4 aromatic heterocycles. The number of aryl methyl sites for hydroxylation is 2. The summed E-state index contributed by atoms with van der Waals surface area (Å²) in [6.45, 7) is 4.91. The summed E-state index contributed by atoms with van der Waals surface area (Å²) in [7, 11) is -1.76. The molecule has 53 heavy (non-hydrogen) atoms. The highest BCUT2D eigenvalue weighted by atomic mass is 35.7. The second-order valence-electron chi connectivity index (χ2n) is 12.0. The van der Waals surface area contributed by atoms with E-state index in [1.807, 2.05) is 18.2 Å². The zero-order chi connectivity index (χ0) is 38.8. The molecular weight excluding hydrogens is 744 g/mol. The molecule has 0 fully saturated rings. The van der Waals surface area contributed by atoms with Gasteiger partial charge in [0.05, 0.1) is 11.5 Å². The second-order valence-corrected chi connectivity index (χ2v) is 17.2. The number of carbonyl (C=O) groups is 2. The van der Waals surface area contributed by atoms with Crippen molar-refractivity contribution >= 4 is 53.5 Å². The molecule has 6 heterocycles. The first-order chi connectivity index (χ1) is 25.1. The van der Waals surface area contributed by atoms with Crippen LogP contribution in [0.25, 0.3) is 22.3 Å². The molecule has 2 aliphatic heterocycles. The Morgan fingerprint density at radius 1 is 0.717 bits per heavy atom. The van der Waals surface area contributed by atoms with Gasteiger partial charge in [0.15, 0.2) is 0 Å². The smallest absolute Gasteiger partial charge is 0.320 e. The number of nitrogens with one attached hydrogen (secondary N) is 1. The summed E-state index contributed by atoms with van der Waals surface area (Å²) in [5, 5.41) is 0. The minimum absolute atomic E-state index is 0.00849. The van der Waals surface area contributed by atoms with Crippen molar-refractivity contribution in [3.63, 3.8) is 0 Å². The molecule has 0 spiro atoms. The van der Waals surface area contributed by atoms with Gasteiger partial charge in [0.25, 0.3) is 0 Å². The Bertz CT molecular complexity index is 2160. The zero-order valence-electron chi connectivity index (χ0n) is 29.4. The lowest BCUT2D eigenvalue weighted by Gasteiger charge is -2.26. The van der Waals surface area contributed by atoms with Crippen LogP contribution in [0.2, 0.25) is 0 Å². The average Bonchev–Trinajstić information content (AvgIpc) is 3.16. The van der Waals surface area contributed by atoms with Gasteiger partial charge < -0.3 is 17.2 Å². The average molecular weight is 787 g/mol. The van der Waals surface area contributed by atoms with E-state index in [9.17, 15) is 26.4 Å². The molecule has 0 aromatic carbocycles. The number of nitrogens with zero attached hydrogens (tertiary/aromatic N) is 6. The summed E-state index contributed by atoms with van der Waals surface area (Å²) < 4.78 is 45.2. The van der Waals surface area contributed by atoms with Crippen LogP contribution in [0.15, 0.2) is 61.4 Å². The van der Waals surface area contributed by atoms with E-state index >= 15 is 0 Å². The molecule has 4 aromatic rings. The number of rotatable bonds is 8. The Kier molecular flexibility index (Phi) is 14.2. The lowest BCUT2D eigenvalue weighted by atomic mass is 10.0. The van der Waals surface area contributed by atoms with Gasteiger partial charge in [-0.2, -0.15) is 0 Å². The predicted molar refractivity (Wildman–Crippen MR) is 205 cm³/mol. The first-order valence-corrected chi connectivity index (χ1v) is 20.9. The fraction of sp³-hybridized carbons (Fsp3) is 0.353. The molecule has 0 unspecified atom stereocenters. The van der Waals surface area contributed by atoms with E-state index < -0.39 is 31.1 Å². The third kappa shape index (κ3) is 11.6. The molecule has 0 saturated carbocycles. The molecule has 0 aliphatic carbocycles. The van der Waals surface area contributed by atoms with Crippen molar-refractivity contribution in [2.75, 3.05) is 34.4 Å². The summed E-state index contributed by atoms with van der Waals surface area (Å²) in [6, 6.07) is 6.96. The topological polar surface area (TPSA) is 251 Å². The maximum atomic E-state index is 11.6. The number of carbonyl (C=O) groups excluding carboxylic acids is 2. The lowest BCUT2D eigenvalue weighted by molar-refractivity contribution is 0.252. The van der Waals surface area contributed by atoms with E-state index in [2.05, 4.69) is 41.4 Å². The predicted octanol–water partition coefficient (Wildman–Crippen LogP) is 3.42.